The van der Waals surface area contributed by atoms with Crippen LogP contribution in [0.5, 0.6) is 0 Å². The molecule has 0 atom stereocenters. The van der Waals surface area contributed by atoms with Crippen molar-refractivity contribution in [2.75, 3.05) is 0 Å². The minimum absolute atomic E-state index is 0.375. The molecule has 1 aromatic rings. The zero-order chi connectivity index (χ0) is 11.3. The van der Waals surface area contributed by atoms with E-state index in [9.17, 15) is 0 Å². The summed E-state index contributed by atoms with van der Waals surface area (Å²) in [6.45, 7) is 7.00. The second-order valence-corrected chi connectivity index (χ2v) is 7.30. The molecule has 0 saturated heterocycles. The minimum Gasteiger partial charge on any atom is -0.0671 e. The third-order valence-electron chi connectivity index (χ3n) is 3.34. The van der Waals surface area contributed by atoms with Crippen molar-refractivity contribution in [2.45, 2.75) is 20.0 Å². The Morgan fingerprint density at radius 1 is 1.06 bits per heavy atom. The lowest BCUT2D eigenvalue weighted by molar-refractivity contribution is 1.50. The maximum atomic E-state index is 2.38. The summed E-state index contributed by atoms with van der Waals surface area (Å²) in [5.41, 5.74) is 4.27. The molecular formula is C15H15Si. The van der Waals surface area contributed by atoms with E-state index in [-0.39, 0.29) is 8.80 Å². The molecule has 0 saturated carbocycles. The fourth-order valence-corrected chi connectivity index (χ4v) is 4.33. The Hall–Kier alpha value is -1.34. The van der Waals surface area contributed by atoms with Crippen LogP contribution in [0.2, 0.25) is 13.1 Å². The van der Waals surface area contributed by atoms with Crippen LogP contribution in [-0.2, 0) is 0 Å². The fourth-order valence-electron chi connectivity index (χ4n) is 2.71. The molecule has 2 aliphatic rings. The van der Waals surface area contributed by atoms with Crippen molar-refractivity contribution in [3.8, 4) is 0 Å². The molecule has 16 heavy (non-hydrogen) atoms. The predicted octanol–water partition coefficient (Wildman–Crippen LogP) is 2.36. The van der Waals surface area contributed by atoms with Crippen LogP contribution in [0.15, 0.2) is 23.8 Å². The Balaban J connectivity index is 2.39. The number of fused-ring (bicyclic) bond motifs is 2. The first-order valence-corrected chi connectivity index (χ1v) is 8.23. The maximum absolute atomic E-state index is 2.38. The largest absolute Gasteiger partial charge is 0.0803 e. The van der Waals surface area contributed by atoms with Crippen LogP contribution in [0.4, 0.5) is 0 Å². The summed E-state index contributed by atoms with van der Waals surface area (Å²) in [5, 5.41) is 4.46. The number of hydrogen-bond acceptors (Lipinski definition) is 0. The molecule has 0 spiro atoms. The topological polar surface area (TPSA) is 0 Å². The Morgan fingerprint density at radius 2 is 1.88 bits per heavy atom. The van der Waals surface area contributed by atoms with Gasteiger partial charge in [0.25, 0.3) is 0 Å². The minimum atomic E-state index is -0.375. The number of rotatable bonds is 1. The van der Waals surface area contributed by atoms with Crippen molar-refractivity contribution in [3.63, 3.8) is 0 Å². The van der Waals surface area contributed by atoms with E-state index in [4.69, 9.17) is 0 Å². The Morgan fingerprint density at radius 3 is 2.62 bits per heavy atom. The molecule has 1 radical (unpaired) electrons. The van der Waals surface area contributed by atoms with Crippen LogP contribution in [0, 0.1) is 0 Å². The van der Waals surface area contributed by atoms with Crippen molar-refractivity contribution in [1.82, 2.24) is 0 Å². The van der Waals surface area contributed by atoms with Gasteiger partial charge >= 0.3 is 0 Å². The van der Waals surface area contributed by atoms with E-state index < -0.39 is 0 Å². The van der Waals surface area contributed by atoms with Crippen LogP contribution < -0.4 is 10.4 Å². The summed E-state index contributed by atoms with van der Waals surface area (Å²) < 4.78 is 0. The SMILES string of the molecule is CC1=Cc2cc3c(cc2=C1[Si](C)C)C=CC=3. The van der Waals surface area contributed by atoms with Gasteiger partial charge in [-0.15, -0.1) is 0 Å². The highest BCUT2D eigenvalue weighted by molar-refractivity contribution is 6.77. The van der Waals surface area contributed by atoms with E-state index in [1.807, 2.05) is 0 Å². The van der Waals surface area contributed by atoms with Crippen molar-refractivity contribution in [1.29, 1.82) is 0 Å². The molecule has 0 N–H and O–H groups in total. The molecule has 0 fully saturated rings. The molecule has 0 aromatic heterocycles. The van der Waals surface area contributed by atoms with Crippen molar-refractivity contribution >= 4 is 32.2 Å². The van der Waals surface area contributed by atoms with Gasteiger partial charge in [0.05, 0.1) is 8.80 Å². The van der Waals surface area contributed by atoms with Crippen LogP contribution in [0.3, 0.4) is 0 Å². The predicted molar refractivity (Wildman–Crippen MR) is 73.7 cm³/mol. The molecule has 0 unspecified atom stereocenters. The van der Waals surface area contributed by atoms with Crippen LogP contribution in [0.25, 0.3) is 23.4 Å². The van der Waals surface area contributed by atoms with Gasteiger partial charge in [-0.1, -0.05) is 48.2 Å². The standard InChI is InChI=1S/C15H15Si/c1-10-7-13-8-11-5-4-6-12(11)9-14(13)15(10)16(2)3/h4-9H,1-3H3. The number of allylic oxidation sites excluding steroid dienone is 2. The van der Waals surface area contributed by atoms with Gasteiger partial charge in [0, 0.05) is 0 Å². The van der Waals surface area contributed by atoms with Crippen LogP contribution in [0.1, 0.15) is 18.1 Å². The third kappa shape index (κ3) is 1.28. The first kappa shape index (κ1) is 9.85. The van der Waals surface area contributed by atoms with Gasteiger partial charge in [0.2, 0.25) is 0 Å². The second-order valence-electron chi connectivity index (χ2n) is 4.80. The zero-order valence-corrected chi connectivity index (χ0v) is 11.0. The van der Waals surface area contributed by atoms with E-state index >= 15 is 0 Å². The normalized spacial score (nSPS) is 16.2. The van der Waals surface area contributed by atoms with E-state index in [2.05, 4.69) is 56.5 Å². The molecule has 0 nitrogen and oxygen atoms in total. The first-order chi connectivity index (χ1) is 7.66. The Labute approximate surface area is 97.9 Å². The Kier molecular flexibility index (Phi) is 2.05. The zero-order valence-electron chi connectivity index (χ0n) is 9.96. The third-order valence-corrected chi connectivity index (χ3v) is 5.01. The summed E-state index contributed by atoms with van der Waals surface area (Å²) >= 11 is 0. The van der Waals surface area contributed by atoms with Gasteiger partial charge in [-0.2, -0.15) is 0 Å². The molecular weight excluding hydrogens is 208 g/mol. The highest BCUT2D eigenvalue weighted by Crippen LogP contribution is 2.22. The van der Waals surface area contributed by atoms with Gasteiger partial charge in [0.1, 0.15) is 0 Å². The van der Waals surface area contributed by atoms with E-state index in [1.165, 1.54) is 27.1 Å². The lowest BCUT2D eigenvalue weighted by Crippen LogP contribution is -2.19. The van der Waals surface area contributed by atoms with Crippen LogP contribution >= 0.6 is 0 Å². The fraction of sp³-hybridized carbons (Fsp3) is 0.200. The summed E-state index contributed by atoms with van der Waals surface area (Å²) in [5.74, 6) is 0. The first-order valence-electron chi connectivity index (χ1n) is 5.73. The summed E-state index contributed by atoms with van der Waals surface area (Å²) in [7, 11) is -0.375. The quantitative estimate of drug-likeness (QED) is 0.641. The van der Waals surface area contributed by atoms with Gasteiger partial charge in [-0.05, 0) is 40.6 Å². The van der Waals surface area contributed by atoms with E-state index in [1.54, 1.807) is 5.20 Å². The average Bonchev–Trinajstić information content (AvgIpc) is 2.75. The summed E-state index contributed by atoms with van der Waals surface area (Å²) in [6, 6.07) is 4.69. The van der Waals surface area contributed by atoms with Crippen molar-refractivity contribution in [2.24, 2.45) is 0 Å². The molecule has 2 aliphatic carbocycles. The molecule has 79 valence electrons. The highest BCUT2D eigenvalue weighted by atomic mass is 28.3. The summed E-state index contributed by atoms with van der Waals surface area (Å²) in [6.07, 6.45) is 8.88. The molecule has 1 heteroatoms. The van der Waals surface area contributed by atoms with Crippen LogP contribution in [-0.4, -0.2) is 8.80 Å². The van der Waals surface area contributed by atoms with Crippen molar-refractivity contribution in [3.05, 3.63) is 45.3 Å². The highest BCUT2D eigenvalue weighted by Gasteiger charge is 2.16. The van der Waals surface area contributed by atoms with Gasteiger partial charge in [-0.3, -0.25) is 0 Å². The Bertz CT molecular complexity index is 643. The smallest absolute Gasteiger partial charge is 0.0671 e. The van der Waals surface area contributed by atoms with E-state index in [0.717, 1.165) is 0 Å². The van der Waals surface area contributed by atoms with Crippen molar-refractivity contribution < 1.29 is 0 Å². The summed E-state index contributed by atoms with van der Waals surface area (Å²) in [4.78, 5) is 0. The molecule has 0 amide bonds. The monoisotopic (exact) mass is 223 g/mol. The maximum Gasteiger partial charge on any atom is 0.0803 e. The lowest BCUT2D eigenvalue weighted by atomic mass is 10.1. The molecule has 0 aliphatic heterocycles. The lowest BCUT2D eigenvalue weighted by Gasteiger charge is -2.06. The number of hydrogen-bond donors (Lipinski definition) is 0. The second kappa shape index (κ2) is 3.32. The molecule has 0 heterocycles. The van der Waals surface area contributed by atoms with Gasteiger partial charge in [0.15, 0.2) is 0 Å². The molecule has 3 rings (SSSR count). The van der Waals surface area contributed by atoms with Gasteiger partial charge in [-0.25, -0.2) is 0 Å². The average molecular weight is 223 g/mol. The van der Waals surface area contributed by atoms with Gasteiger partial charge < -0.3 is 0 Å². The molecule has 0 bridgehead atoms. The molecule has 1 aromatic carbocycles. The van der Waals surface area contributed by atoms with E-state index in [0.29, 0.717) is 0 Å². The number of benzene rings is 1.